The van der Waals surface area contributed by atoms with E-state index in [4.69, 9.17) is 5.73 Å². The van der Waals surface area contributed by atoms with Crippen molar-refractivity contribution in [3.05, 3.63) is 53.7 Å². The summed E-state index contributed by atoms with van der Waals surface area (Å²) in [6.07, 6.45) is 1.10. The van der Waals surface area contributed by atoms with Crippen molar-refractivity contribution in [2.24, 2.45) is 0 Å². The van der Waals surface area contributed by atoms with E-state index < -0.39 is 0 Å². The van der Waals surface area contributed by atoms with Gasteiger partial charge in [-0.1, -0.05) is 25.1 Å². The van der Waals surface area contributed by atoms with Gasteiger partial charge in [0.2, 0.25) is 0 Å². The number of aryl methyl sites for hydroxylation is 1. The van der Waals surface area contributed by atoms with Crippen molar-refractivity contribution in [2.45, 2.75) is 26.8 Å². The number of nitrogens with two attached hydrogens (primary N) is 1. The SMILES string of the molecule is CCCN(Cc1ccc(N)cc1)c1cccc(C)n1. The van der Waals surface area contributed by atoms with Gasteiger partial charge in [0.15, 0.2) is 0 Å². The van der Waals surface area contributed by atoms with Crippen molar-refractivity contribution in [1.82, 2.24) is 4.98 Å². The van der Waals surface area contributed by atoms with Crippen LogP contribution in [-0.2, 0) is 6.54 Å². The van der Waals surface area contributed by atoms with Crippen LogP contribution >= 0.6 is 0 Å². The molecule has 0 saturated carbocycles. The summed E-state index contributed by atoms with van der Waals surface area (Å²) in [4.78, 5) is 6.91. The molecule has 19 heavy (non-hydrogen) atoms. The van der Waals surface area contributed by atoms with Crippen molar-refractivity contribution >= 4 is 11.5 Å². The number of anilines is 2. The summed E-state index contributed by atoms with van der Waals surface area (Å²) < 4.78 is 0. The predicted octanol–water partition coefficient (Wildman–Crippen LogP) is 3.39. The van der Waals surface area contributed by atoms with Crippen LogP contribution in [0.15, 0.2) is 42.5 Å². The van der Waals surface area contributed by atoms with Gasteiger partial charge in [-0.3, -0.25) is 0 Å². The predicted molar refractivity (Wildman–Crippen MR) is 81.2 cm³/mol. The maximum Gasteiger partial charge on any atom is 0.129 e. The third-order valence-corrected chi connectivity index (χ3v) is 3.04. The van der Waals surface area contributed by atoms with Crippen LogP contribution in [0.5, 0.6) is 0 Å². The standard InChI is InChI=1S/C16H21N3/c1-3-11-19(16-6-4-5-13(2)18-16)12-14-7-9-15(17)10-8-14/h4-10H,3,11-12,17H2,1-2H3. The van der Waals surface area contributed by atoms with Gasteiger partial charge in [0.1, 0.15) is 5.82 Å². The van der Waals surface area contributed by atoms with Crippen molar-refractivity contribution < 1.29 is 0 Å². The van der Waals surface area contributed by atoms with Gasteiger partial charge in [0.05, 0.1) is 0 Å². The molecule has 0 spiro atoms. The van der Waals surface area contributed by atoms with Gasteiger partial charge >= 0.3 is 0 Å². The molecule has 0 saturated heterocycles. The Morgan fingerprint density at radius 3 is 2.47 bits per heavy atom. The van der Waals surface area contributed by atoms with Crippen molar-refractivity contribution in [2.75, 3.05) is 17.2 Å². The molecule has 1 aromatic heterocycles. The maximum atomic E-state index is 5.72. The minimum atomic E-state index is 0.805. The lowest BCUT2D eigenvalue weighted by atomic mass is 10.2. The van der Waals surface area contributed by atoms with Crippen molar-refractivity contribution in [1.29, 1.82) is 0 Å². The number of hydrogen-bond acceptors (Lipinski definition) is 3. The first-order chi connectivity index (χ1) is 9.19. The molecule has 0 radical (unpaired) electrons. The lowest BCUT2D eigenvalue weighted by molar-refractivity contribution is 0.753. The van der Waals surface area contributed by atoms with Gasteiger partial charge in [-0.25, -0.2) is 4.98 Å². The molecule has 0 bridgehead atoms. The molecule has 2 rings (SSSR count). The lowest BCUT2D eigenvalue weighted by Gasteiger charge is -2.23. The van der Waals surface area contributed by atoms with Crippen LogP contribution in [0.4, 0.5) is 11.5 Å². The van der Waals surface area contributed by atoms with Crippen molar-refractivity contribution in [3.63, 3.8) is 0 Å². The van der Waals surface area contributed by atoms with E-state index in [0.29, 0.717) is 0 Å². The fraction of sp³-hybridized carbons (Fsp3) is 0.312. The second-order valence-corrected chi connectivity index (χ2v) is 4.80. The Hall–Kier alpha value is -2.03. The minimum Gasteiger partial charge on any atom is -0.399 e. The van der Waals surface area contributed by atoms with Gasteiger partial charge in [0.25, 0.3) is 0 Å². The molecule has 0 unspecified atom stereocenters. The zero-order valence-corrected chi connectivity index (χ0v) is 11.6. The molecule has 100 valence electrons. The quantitative estimate of drug-likeness (QED) is 0.833. The van der Waals surface area contributed by atoms with Gasteiger partial charge in [-0.2, -0.15) is 0 Å². The molecule has 0 aliphatic rings. The van der Waals surface area contributed by atoms with Gasteiger partial charge in [0, 0.05) is 24.5 Å². The molecule has 0 atom stereocenters. The fourth-order valence-electron chi connectivity index (χ4n) is 2.09. The number of aromatic nitrogens is 1. The van der Waals surface area contributed by atoms with E-state index >= 15 is 0 Å². The summed E-state index contributed by atoms with van der Waals surface area (Å²) in [5.74, 6) is 1.04. The third kappa shape index (κ3) is 3.71. The zero-order chi connectivity index (χ0) is 13.7. The average molecular weight is 255 g/mol. The molecule has 0 aliphatic carbocycles. The van der Waals surface area contributed by atoms with E-state index in [1.54, 1.807) is 0 Å². The highest BCUT2D eigenvalue weighted by Gasteiger charge is 2.07. The maximum absolute atomic E-state index is 5.72. The number of pyridine rings is 1. The molecular formula is C16H21N3. The molecule has 0 aliphatic heterocycles. The van der Waals surface area contributed by atoms with Gasteiger partial charge in [-0.15, -0.1) is 0 Å². The van der Waals surface area contributed by atoms with E-state index in [0.717, 1.165) is 36.7 Å². The van der Waals surface area contributed by atoms with Crippen LogP contribution in [0.1, 0.15) is 24.6 Å². The van der Waals surface area contributed by atoms with E-state index in [9.17, 15) is 0 Å². The van der Waals surface area contributed by atoms with E-state index in [1.807, 2.05) is 25.1 Å². The molecule has 3 nitrogen and oxygen atoms in total. The third-order valence-electron chi connectivity index (χ3n) is 3.04. The number of nitrogens with zero attached hydrogens (tertiary/aromatic N) is 2. The first-order valence-electron chi connectivity index (χ1n) is 6.72. The van der Waals surface area contributed by atoms with Gasteiger partial charge < -0.3 is 10.6 Å². The van der Waals surface area contributed by atoms with Gasteiger partial charge in [-0.05, 0) is 43.2 Å². The summed E-state index contributed by atoms with van der Waals surface area (Å²) >= 11 is 0. The first-order valence-corrected chi connectivity index (χ1v) is 6.72. The molecule has 1 heterocycles. The molecule has 0 amide bonds. The normalized spacial score (nSPS) is 10.4. The summed E-state index contributed by atoms with van der Waals surface area (Å²) in [5, 5.41) is 0. The summed E-state index contributed by atoms with van der Waals surface area (Å²) in [7, 11) is 0. The van der Waals surface area contributed by atoms with E-state index in [2.05, 4.69) is 41.1 Å². The summed E-state index contributed by atoms with van der Waals surface area (Å²) in [5.41, 5.74) is 8.83. The highest BCUT2D eigenvalue weighted by atomic mass is 15.2. The highest BCUT2D eigenvalue weighted by molar-refractivity contribution is 5.43. The largest absolute Gasteiger partial charge is 0.399 e. The smallest absolute Gasteiger partial charge is 0.129 e. The molecule has 3 heteroatoms. The summed E-state index contributed by atoms with van der Waals surface area (Å²) in [6.45, 7) is 6.08. The monoisotopic (exact) mass is 255 g/mol. The second-order valence-electron chi connectivity index (χ2n) is 4.80. The van der Waals surface area contributed by atoms with Crippen LogP contribution in [0, 0.1) is 6.92 Å². The Morgan fingerprint density at radius 1 is 1.11 bits per heavy atom. The minimum absolute atomic E-state index is 0.805. The summed E-state index contributed by atoms with van der Waals surface area (Å²) in [6, 6.07) is 14.2. The Labute approximate surface area is 115 Å². The first kappa shape index (κ1) is 13.4. The van der Waals surface area contributed by atoms with E-state index in [-0.39, 0.29) is 0 Å². The Morgan fingerprint density at radius 2 is 1.84 bits per heavy atom. The molecule has 1 aromatic carbocycles. The molecule has 2 N–H and O–H groups in total. The van der Waals surface area contributed by atoms with E-state index in [1.165, 1.54) is 5.56 Å². The highest BCUT2D eigenvalue weighted by Crippen LogP contribution is 2.16. The average Bonchev–Trinajstić information content (AvgIpc) is 2.41. The Balaban J connectivity index is 2.18. The van der Waals surface area contributed by atoms with Crippen LogP contribution < -0.4 is 10.6 Å². The topological polar surface area (TPSA) is 42.1 Å². The second kappa shape index (κ2) is 6.23. The lowest BCUT2D eigenvalue weighted by Crippen LogP contribution is -2.24. The fourth-order valence-corrected chi connectivity index (χ4v) is 2.09. The number of hydrogen-bond donors (Lipinski definition) is 1. The molecule has 2 aromatic rings. The van der Waals surface area contributed by atoms with Crippen LogP contribution in [-0.4, -0.2) is 11.5 Å². The van der Waals surface area contributed by atoms with Crippen LogP contribution in [0.25, 0.3) is 0 Å². The van der Waals surface area contributed by atoms with Crippen LogP contribution in [0.2, 0.25) is 0 Å². The molecule has 0 fully saturated rings. The number of rotatable bonds is 5. The number of benzene rings is 1. The van der Waals surface area contributed by atoms with Crippen molar-refractivity contribution in [3.8, 4) is 0 Å². The zero-order valence-electron chi connectivity index (χ0n) is 11.6. The Bertz CT molecular complexity index is 520. The Kier molecular flexibility index (Phi) is 4.39. The number of nitrogen functional groups attached to an aromatic ring is 1. The van der Waals surface area contributed by atoms with Crippen LogP contribution in [0.3, 0.4) is 0 Å². The molecular weight excluding hydrogens is 234 g/mol.